The summed E-state index contributed by atoms with van der Waals surface area (Å²) in [5, 5.41) is 15.6. The van der Waals surface area contributed by atoms with Crippen molar-refractivity contribution in [1.29, 1.82) is 0 Å². The van der Waals surface area contributed by atoms with Crippen LogP contribution in [-0.4, -0.2) is 9.91 Å². The first kappa shape index (κ1) is 12.0. The smallest absolute Gasteiger partial charge is 0.258 e. The van der Waals surface area contributed by atoms with Gasteiger partial charge < -0.3 is 0 Å². The van der Waals surface area contributed by atoms with Crippen LogP contribution in [0, 0.1) is 10.1 Å². The van der Waals surface area contributed by atoms with Crippen LogP contribution in [0.1, 0.15) is 10.6 Å². The van der Waals surface area contributed by atoms with E-state index in [4.69, 9.17) is 0 Å². The molecule has 0 atom stereocenters. The Morgan fingerprint density at radius 3 is 2.89 bits per heavy atom. The van der Waals surface area contributed by atoms with Gasteiger partial charge in [-0.2, -0.15) is 11.3 Å². The Labute approximate surface area is 116 Å². The second-order valence-electron chi connectivity index (χ2n) is 3.85. The van der Waals surface area contributed by atoms with E-state index in [1.54, 1.807) is 17.4 Å². The maximum Gasteiger partial charge on any atom is 0.271 e. The molecule has 0 aliphatic carbocycles. The van der Waals surface area contributed by atoms with Gasteiger partial charge in [0.25, 0.3) is 5.69 Å². The van der Waals surface area contributed by atoms with Crippen LogP contribution >= 0.6 is 22.7 Å². The van der Waals surface area contributed by atoms with Crippen LogP contribution in [0.2, 0.25) is 0 Å². The van der Waals surface area contributed by atoms with E-state index < -0.39 is 4.92 Å². The Balaban J connectivity index is 1.95. The molecular weight excluding hydrogens is 280 g/mol. The van der Waals surface area contributed by atoms with Crippen LogP contribution in [0.3, 0.4) is 0 Å². The summed E-state index contributed by atoms with van der Waals surface area (Å²) in [7, 11) is 0. The quantitative estimate of drug-likeness (QED) is 0.529. The molecule has 0 unspecified atom stereocenters. The molecule has 0 amide bonds. The molecule has 19 heavy (non-hydrogen) atoms. The van der Waals surface area contributed by atoms with Crippen molar-refractivity contribution in [3.63, 3.8) is 0 Å². The van der Waals surface area contributed by atoms with Gasteiger partial charge in [-0.25, -0.2) is 4.98 Å². The standard InChI is InChI=1S/C13H8N2O2S2/c16-15(17)10-2-3-12-11(7-10)14-13(19-12)4-1-9-5-6-18-8-9/h1-8H/b4-1-. The maximum atomic E-state index is 10.7. The van der Waals surface area contributed by atoms with Crippen LogP contribution < -0.4 is 0 Å². The van der Waals surface area contributed by atoms with Crippen molar-refractivity contribution in [1.82, 2.24) is 4.98 Å². The van der Waals surface area contributed by atoms with E-state index in [1.807, 2.05) is 23.6 Å². The van der Waals surface area contributed by atoms with Crippen molar-refractivity contribution < 1.29 is 4.92 Å². The maximum absolute atomic E-state index is 10.7. The molecule has 6 heteroatoms. The summed E-state index contributed by atoms with van der Waals surface area (Å²) < 4.78 is 0.954. The summed E-state index contributed by atoms with van der Waals surface area (Å²) in [5.74, 6) is 0. The lowest BCUT2D eigenvalue weighted by Gasteiger charge is -1.89. The lowest BCUT2D eigenvalue weighted by molar-refractivity contribution is -0.384. The fourth-order valence-electron chi connectivity index (χ4n) is 1.66. The number of nitro groups is 1. The minimum atomic E-state index is -0.403. The van der Waals surface area contributed by atoms with E-state index in [2.05, 4.69) is 10.4 Å². The van der Waals surface area contributed by atoms with Crippen molar-refractivity contribution in [2.75, 3.05) is 0 Å². The minimum absolute atomic E-state index is 0.0752. The van der Waals surface area contributed by atoms with Gasteiger partial charge in [0.1, 0.15) is 5.01 Å². The van der Waals surface area contributed by atoms with Gasteiger partial charge in [0, 0.05) is 12.1 Å². The zero-order chi connectivity index (χ0) is 13.2. The van der Waals surface area contributed by atoms with Crippen molar-refractivity contribution in [2.45, 2.75) is 0 Å². The van der Waals surface area contributed by atoms with E-state index in [-0.39, 0.29) is 5.69 Å². The molecule has 94 valence electrons. The summed E-state index contributed by atoms with van der Waals surface area (Å²) in [5.41, 5.74) is 1.88. The third-order valence-corrected chi connectivity index (χ3v) is 4.26. The van der Waals surface area contributed by atoms with Crippen LogP contribution in [0.5, 0.6) is 0 Å². The highest BCUT2D eigenvalue weighted by Gasteiger charge is 2.09. The number of hydrogen-bond donors (Lipinski definition) is 0. The van der Waals surface area contributed by atoms with Gasteiger partial charge in [-0.3, -0.25) is 10.1 Å². The Bertz CT molecular complexity index is 760. The molecule has 2 heterocycles. The summed E-state index contributed by atoms with van der Waals surface area (Å²) in [6.45, 7) is 0. The average Bonchev–Trinajstić information content (AvgIpc) is 3.04. The molecule has 2 aromatic heterocycles. The Morgan fingerprint density at radius 2 is 2.16 bits per heavy atom. The average molecular weight is 288 g/mol. The number of non-ortho nitro benzene ring substituents is 1. The predicted octanol–water partition coefficient (Wildman–Crippen LogP) is 4.44. The number of fused-ring (bicyclic) bond motifs is 1. The molecular formula is C13H8N2O2S2. The van der Waals surface area contributed by atoms with Gasteiger partial charge in [0.05, 0.1) is 15.1 Å². The molecule has 0 aliphatic rings. The number of hydrogen-bond acceptors (Lipinski definition) is 5. The number of thiophene rings is 1. The Hall–Kier alpha value is -2.05. The minimum Gasteiger partial charge on any atom is -0.258 e. The van der Waals surface area contributed by atoms with Crippen molar-refractivity contribution in [2.24, 2.45) is 0 Å². The second-order valence-corrected chi connectivity index (χ2v) is 5.69. The van der Waals surface area contributed by atoms with E-state index in [1.165, 1.54) is 23.5 Å². The third-order valence-electron chi connectivity index (χ3n) is 2.56. The third kappa shape index (κ3) is 2.54. The number of nitrogens with zero attached hydrogens (tertiary/aromatic N) is 2. The number of nitro benzene ring substituents is 1. The summed E-state index contributed by atoms with van der Waals surface area (Å²) in [4.78, 5) is 14.7. The lowest BCUT2D eigenvalue weighted by atomic mass is 10.3. The highest BCUT2D eigenvalue weighted by atomic mass is 32.1. The van der Waals surface area contributed by atoms with E-state index in [0.717, 1.165) is 15.3 Å². The van der Waals surface area contributed by atoms with Gasteiger partial charge >= 0.3 is 0 Å². The molecule has 3 aromatic rings. The molecule has 4 nitrogen and oxygen atoms in total. The molecule has 0 spiro atoms. The fourth-order valence-corrected chi connectivity index (χ4v) is 3.13. The van der Waals surface area contributed by atoms with Crippen molar-refractivity contribution in [3.8, 4) is 0 Å². The molecule has 0 aliphatic heterocycles. The van der Waals surface area contributed by atoms with Gasteiger partial charge in [-0.15, -0.1) is 11.3 Å². The molecule has 0 saturated heterocycles. The van der Waals surface area contributed by atoms with Crippen LogP contribution in [0.15, 0.2) is 35.0 Å². The van der Waals surface area contributed by atoms with Gasteiger partial charge in [-0.1, -0.05) is 6.08 Å². The molecule has 0 saturated carbocycles. The van der Waals surface area contributed by atoms with Crippen LogP contribution in [-0.2, 0) is 0 Å². The monoisotopic (exact) mass is 288 g/mol. The summed E-state index contributed by atoms with van der Waals surface area (Å²) in [6.07, 6.45) is 3.92. The molecule has 0 N–H and O–H groups in total. The first-order chi connectivity index (χ1) is 9.22. The van der Waals surface area contributed by atoms with Gasteiger partial charge in [0.2, 0.25) is 0 Å². The Kier molecular flexibility index (Phi) is 3.10. The highest BCUT2D eigenvalue weighted by Crippen LogP contribution is 2.27. The molecule has 0 fully saturated rings. The normalized spacial score (nSPS) is 11.4. The second kappa shape index (κ2) is 4.91. The number of thiazole rings is 1. The summed E-state index contributed by atoms with van der Waals surface area (Å²) >= 11 is 3.16. The predicted molar refractivity (Wildman–Crippen MR) is 79.5 cm³/mol. The number of rotatable bonds is 3. The van der Waals surface area contributed by atoms with E-state index >= 15 is 0 Å². The molecule has 1 aromatic carbocycles. The number of aromatic nitrogens is 1. The highest BCUT2D eigenvalue weighted by molar-refractivity contribution is 7.19. The first-order valence-corrected chi connectivity index (χ1v) is 7.23. The zero-order valence-corrected chi connectivity index (χ0v) is 11.3. The Morgan fingerprint density at radius 1 is 1.26 bits per heavy atom. The van der Waals surface area contributed by atoms with Crippen LogP contribution in [0.4, 0.5) is 5.69 Å². The topological polar surface area (TPSA) is 56.0 Å². The number of benzene rings is 1. The zero-order valence-electron chi connectivity index (χ0n) is 9.65. The van der Waals surface area contributed by atoms with Crippen molar-refractivity contribution >= 4 is 50.7 Å². The van der Waals surface area contributed by atoms with Gasteiger partial charge in [0.15, 0.2) is 0 Å². The SMILES string of the molecule is O=[N+]([O-])c1ccc2sc(/C=C\c3ccsc3)nc2c1. The largest absolute Gasteiger partial charge is 0.271 e. The fraction of sp³-hybridized carbons (Fsp3) is 0. The van der Waals surface area contributed by atoms with E-state index in [9.17, 15) is 10.1 Å². The van der Waals surface area contributed by atoms with Crippen molar-refractivity contribution in [3.05, 3.63) is 55.7 Å². The molecule has 3 rings (SSSR count). The lowest BCUT2D eigenvalue weighted by Crippen LogP contribution is -1.86. The summed E-state index contributed by atoms with van der Waals surface area (Å²) in [6, 6.07) is 6.78. The van der Waals surface area contributed by atoms with E-state index in [0.29, 0.717) is 5.52 Å². The van der Waals surface area contributed by atoms with Gasteiger partial charge in [-0.05, 0) is 34.5 Å². The molecule has 0 radical (unpaired) electrons. The molecule has 0 bridgehead atoms. The van der Waals surface area contributed by atoms with Crippen LogP contribution in [0.25, 0.3) is 22.4 Å². The first-order valence-electron chi connectivity index (χ1n) is 5.48.